The Balaban J connectivity index is 1.50. The number of hydrogen-bond donors (Lipinski definition) is 0. The number of amidine groups is 1. The Morgan fingerprint density at radius 3 is 2.48 bits per heavy atom. The van der Waals surface area contributed by atoms with Crippen LogP contribution in [0.25, 0.3) is 22.5 Å². The number of thioether (sulfide) groups is 1. The fourth-order valence-electron chi connectivity index (χ4n) is 3.69. The van der Waals surface area contributed by atoms with Gasteiger partial charge in [-0.3, -0.25) is 9.69 Å². The molecule has 0 N–H and O–H groups in total. The van der Waals surface area contributed by atoms with Crippen molar-refractivity contribution in [3.8, 4) is 5.69 Å². The second-order valence-electron chi connectivity index (χ2n) is 7.22. The van der Waals surface area contributed by atoms with Gasteiger partial charge in [-0.05, 0) is 71.9 Å². The molecule has 1 aliphatic heterocycles. The van der Waals surface area contributed by atoms with Crippen molar-refractivity contribution in [3.05, 3.63) is 102 Å². The van der Waals surface area contributed by atoms with Gasteiger partial charge in [-0.2, -0.15) is 0 Å². The number of nitrogens with zero attached hydrogens (tertiary/aromatic N) is 3. The molecular formula is C26H21N3OS. The first kappa shape index (κ1) is 19.4. The van der Waals surface area contributed by atoms with Gasteiger partial charge in [0.1, 0.15) is 0 Å². The summed E-state index contributed by atoms with van der Waals surface area (Å²) in [4.78, 5) is 20.1. The number of hydrogen-bond acceptors (Lipinski definition) is 3. The maximum Gasteiger partial charge on any atom is 0.266 e. The third-order valence-corrected chi connectivity index (χ3v) is 6.26. The van der Waals surface area contributed by atoms with E-state index in [0.29, 0.717) is 16.6 Å². The van der Waals surface area contributed by atoms with E-state index < -0.39 is 0 Å². The number of aromatic nitrogens is 1. The molecule has 1 amide bonds. The van der Waals surface area contributed by atoms with Crippen molar-refractivity contribution < 1.29 is 4.79 Å². The van der Waals surface area contributed by atoms with E-state index in [1.54, 1.807) is 4.90 Å². The highest BCUT2D eigenvalue weighted by molar-refractivity contribution is 8.18. The normalized spacial score (nSPS) is 16.7. The highest BCUT2D eigenvalue weighted by Crippen LogP contribution is 2.34. The van der Waals surface area contributed by atoms with E-state index in [4.69, 9.17) is 4.99 Å². The van der Waals surface area contributed by atoms with Gasteiger partial charge in [0.15, 0.2) is 5.17 Å². The SMILES string of the molecule is CCN1C(=O)/C(=C/c2cccn2-c2ccc3ccccc3c2)SC1=Nc1ccccc1. The average Bonchev–Trinajstić information content (AvgIpc) is 3.38. The molecule has 1 fully saturated rings. The van der Waals surface area contributed by atoms with Crippen LogP contribution in [0.15, 0.2) is 101 Å². The number of likely N-dealkylation sites (N-methyl/N-ethyl adjacent to an activating group) is 1. The van der Waals surface area contributed by atoms with Gasteiger partial charge >= 0.3 is 0 Å². The van der Waals surface area contributed by atoms with Crippen molar-refractivity contribution in [2.75, 3.05) is 6.54 Å². The zero-order chi connectivity index (χ0) is 21.2. The zero-order valence-corrected chi connectivity index (χ0v) is 17.9. The number of fused-ring (bicyclic) bond motifs is 1. The van der Waals surface area contributed by atoms with Crippen LogP contribution in [0.2, 0.25) is 0 Å². The largest absolute Gasteiger partial charge is 0.317 e. The molecule has 0 spiro atoms. The highest BCUT2D eigenvalue weighted by atomic mass is 32.2. The molecule has 0 aliphatic carbocycles. The zero-order valence-electron chi connectivity index (χ0n) is 17.1. The van der Waals surface area contributed by atoms with Crippen molar-refractivity contribution in [1.82, 2.24) is 9.47 Å². The quantitative estimate of drug-likeness (QED) is 0.364. The highest BCUT2D eigenvalue weighted by Gasteiger charge is 2.32. The van der Waals surface area contributed by atoms with Crippen LogP contribution in [0.4, 0.5) is 5.69 Å². The summed E-state index contributed by atoms with van der Waals surface area (Å²) < 4.78 is 2.11. The topological polar surface area (TPSA) is 37.6 Å². The van der Waals surface area contributed by atoms with Crippen LogP contribution in [0, 0.1) is 0 Å². The standard InChI is InChI=1S/C26H21N3OS/c1-2-28-25(30)24(31-26(28)27-21-11-4-3-5-12-21)18-22-13-8-16-29(22)23-15-14-19-9-6-7-10-20(19)17-23/h3-18H,2H2,1H3/b24-18-,27-26?. The molecule has 3 aromatic carbocycles. The Morgan fingerprint density at radius 2 is 1.68 bits per heavy atom. The molecule has 4 aromatic rings. The Hall–Kier alpha value is -3.57. The fraction of sp³-hybridized carbons (Fsp3) is 0.0769. The lowest BCUT2D eigenvalue weighted by molar-refractivity contribution is -0.122. The molecule has 1 aliphatic rings. The van der Waals surface area contributed by atoms with Gasteiger partial charge in [0.25, 0.3) is 5.91 Å². The molecular weight excluding hydrogens is 402 g/mol. The van der Waals surface area contributed by atoms with Crippen molar-refractivity contribution in [2.24, 2.45) is 4.99 Å². The predicted molar refractivity (Wildman–Crippen MR) is 130 cm³/mol. The molecule has 4 nitrogen and oxygen atoms in total. The van der Waals surface area contributed by atoms with Crippen LogP contribution in [0.3, 0.4) is 0 Å². The lowest BCUT2D eigenvalue weighted by atomic mass is 10.1. The number of aliphatic imine (C=N–C) groups is 1. The molecule has 152 valence electrons. The van der Waals surface area contributed by atoms with E-state index in [2.05, 4.69) is 34.9 Å². The first-order valence-electron chi connectivity index (χ1n) is 10.2. The van der Waals surface area contributed by atoms with Gasteiger partial charge in [-0.15, -0.1) is 0 Å². The predicted octanol–water partition coefficient (Wildman–Crippen LogP) is 6.25. The maximum atomic E-state index is 13.0. The number of benzene rings is 3. The van der Waals surface area contributed by atoms with Crippen molar-refractivity contribution in [3.63, 3.8) is 0 Å². The molecule has 2 heterocycles. The summed E-state index contributed by atoms with van der Waals surface area (Å²) in [5.41, 5.74) is 2.87. The third kappa shape index (κ3) is 3.80. The fourth-order valence-corrected chi connectivity index (χ4v) is 4.74. The Kier molecular flexibility index (Phi) is 5.18. The second kappa shape index (κ2) is 8.28. The van der Waals surface area contributed by atoms with E-state index in [1.165, 1.54) is 22.5 Å². The molecule has 1 saturated heterocycles. The summed E-state index contributed by atoms with van der Waals surface area (Å²) in [6, 6.07) is 28.5. The third-order valence-electron chi connectivity index (χ3n) is 5.26. The number of carbonyl (C=O) groups is 1. The smallest absolute Gasteiger partial charge is 0.266 e. The van der Waals surface area contributed by atoms with Crippen LogP contribution in [-0.4, -0.2) is 27.1 Å². The number of rotatable bonds is 4. The van der Waals surface area contributed by atoms with Crippen LogP contribution in [-0.2, 0) is 4.79 Å². The molecule has 5 heteroatoms. The molecule has 0 bridgehead atoms. The van der Waals surface area contributed by atoms with Gasteiger partial charge in [0.05, 0.1) is 10.6 Å². The molecule has 1 aromatic heterocycles. The van der Waals surface area contributed by atoms with E-state index in [-0.39, 0.29) is 5.91 Å². The number of carbonyl (C=O) groups excluding carboxylic acids is 1. The lowest BCUT2D eigenvalue weighted by Gasteiger charge is -2.12. The Labute approximate surface area is 185 Å². The average molecular weight is 424 g/mol. The monoisotopic (exact) mass is 423 g/mol. The summed E-state index contributed by atoms with van der Waals surface area (Å²) >= 11 is 1.43. The minimum Gasteiger partial charge on any atom is -0.317 e. The number of para-hydroxylation sites is 1. The first-order valence-corrected chi connectivity index (χ1v) is 11.1. The summed E-state index contributed by atoms with van der Waals surface area (Å²) in [6.45, 7) is 2.56. The van der Waals surface area contributed by atoms with Crippen molar-refractivity contribution in [2.45, 2.75) is 6.92 Å². The van der Waals surface area contributed by atoms with E-state index in [0.717, 1.165) is 17.1 Å². The summed E-state index contributed by atoms with van der Waals surface area (Å²) in [6.07, 6.45) is 3.98. The Morgan fingerprint density at radius 1 is 0.903 bits per heavy atom. The van der Waals surface area contributed by atoms with E-state index >= 15 is 0 Å². The second-order valence-corrected chi connectivity index (χ2v) is 8.23. The molecule has 0 atom stereocenters. The molecule has 0 radical (unpaired) electrons. The van der Waals surface area contributed by atoms with Gasteiger partial charge in [0.2, 0.25) is 0 Å². The van der Waals surface area contributed by atoms with Crippen LogP contribution in [0.5, 0.6) is 0 Å². The molecule has 5 rings (SSSR count). The van der Waals surface area contributed by atoms with Crippen LogP contribution in [0.1, 0.15) is 12.6 Å². The maximum absolute atomic E-state index is 13.0. The van der Waals surface area contributed by atoms with Gasteiger partial charge in [0, 0.05) is 24.1 Å². The van der Waals surface area contributed by atoms with Gasteiger partial charge < -0.3 is 4.57 Å². The minimum absolute atomic E-state index is 0.00607. The summed E-state index contributed by atoms with van der Waals surface area (Å²) in [5.74, 6) is -0.00607. The van der Waals surface area contributed by atoms with E-state index in [1.807, 2.05) is 73.8 Å². The lowest BCUT2D eigenvalue weighted by Crippen LogP contribution is -2.28. The summed E-state index contributed by atoms with van der Waals surface area (Å²) in [7, 11) is 0. The van der Waals surface area contributed by atoms with Gasteiger partial charge in [-0.1, -0.05) is 48.5 Å². The van der Waals surface area contributed by atoms with Crippen molar-refractivity contribution >= 4 is 45.4 Å². The summed E-state index contributed by atoms with van der Waals surface area (Å²) in [5, 5.41) is 3.11. The molecule has 31 heavy (non-hydrogen) atoms. The molecule has 0 unspecified atom stereocenters. The van der Waals surface area contributed by atoms with Crippen molar-refractivity contribution in [1.29, 1.82) is 0 Å². The van der Waals surface area contributed by atoms with Crippen LogP contribution < -0.4 is 0 Å². The van der Waals surface area contributed by atoms with E-state index in [9.17, 15) is 4.79 Å². The first-order chi connectivity index (χ1) is 15.2. The van der Waals surface area contributed by atoms with Gasteiger partial charge in [-0.25, -0.2) is 4.99 Å². The Bertz CT molecular complexity index is 1320. The minimum atomic E-state index is -0.00607. The molecule has 0 saturated carbocycles. The van der Waals surface area contributed by atoms with Crippen LogP contribution >= 0.6 is 11.8 Å². The number of amides is 1.